The van der Waals surface area contributed by atoms with Crippen LogP contribution in [0.1, 0.15) is 38.3 Å². The molecular formula is C30H40N8O7. The van der Waals surface area contributed by atoms with E-state index in [2.05, 4.69) is 10.6 Å². The molecule has 1 saturated carbocycles. The number of aromatic hydroxyl groups is 1. The summed E-state index contributed by atoms with van der Waals surface area (Å²) in [4.78, 5) is 56.2. The molecule has 242 valence electrons. The number of carbonyl (C=O) groups is 4. The smallest absolute Gasteiger partial charge is 0.255 e. The molecule has 1 aromatic carbocycles. The maximum Gasteiger partial charge on any atom is 0.255 e. The normalized spacial score (nSPS) is 27.9. The number of nitriles is 1. The van der Waals surface area contributed by atoms with Crippen molar-refractivity contribution < 1.29 is 34.5 Å². The molecule has 0 aromatic heterocycles. The third-order valence-electron chi connectivity index (χ3n) is 8.76. The number of amides is 2. The first-order valence-corrected chi connectivity index (χ1v) is 14.1. The van der Waals surface area contributed by atoms with Crippen LogP contribution in [-0.2, 0) is 25.6 Å². The molecule has 0 unspecified atom stereocenters. The second-order valence-electron chi connectivity index (χ2n) is 13.5. The number of hydrogen-bond donors (Lipinski definition) is 8. The highest BCUT2D eigenvalue weighted by molar-refractivity contribution is 6.25. The summed E-state index contributed by atoms with van der Waals surface area (Å²) in [6, 6.07) is 1.73. The van der Waals surface area contributed by atoms with Gasteiger partial charge >= 0.3 is 0 Å². The van der Waals surface area contributed by atoms with Crippen LogP contribution >= 0.6 is 0 Å². The number of aliphatic hydroxyl groups is 2. The van der Waals surface area contributed by atoms with Crippen molar-refractivity contribution in [2.45, 2.75) is 56.3 Å². The molecule has 11 N–H and O–H groups in total. The summed E-state index contributed by atoms with van der Waals surface area (Å²) in [6.45, 7) is 5.52. The Labute approximate surface area is 260 Å². The Hall–Kier alpha value is -4.49. The number of rotatable bonds is 6. The lowest BCUT2D eigenvalue weighted by molar-refractivity contribution is -0.139. The van der Waals surface area contributed by atoms with Gasteiger partial charge in [-0.25, -0.2) is 0 Å². The van der Waals surface area contributed by atoms with Gasteiger partial charge in [0, 0.05) is 25.3 Å². The van der Waals surface area contributed by atoms with E-state index in [1.165, 1.54) is 25.1 Å². The number of likely N-dealkylation sites (N-methyl/N-ethyl adjacent to an activating group) is 1. The average Bonchev–Trinajstić information content (AvgIpc) is 2.87. The number of nitrogens with one attached hydrogen (secondary N) is 2. The van der Waals surface area contributed by atoms with Crippen molar-refractivity contribution in [2.24, 2.45) is 22.6 Å². The first-order chi connectivity index (χ1) is 20.6. The molecule has 1 aromatic rings. The van der Waals surface area contributed by atoms with Crippen LogP contribution in [0.15, 0.2) is 23.0 Å². The number of anilines is 2. The molecule has 4 rings (SSSR count). The Bertz CT molecular complexity index is 1650. The number of phenolic OH excluding ortho intramolecular Hbond substituents is 1. The summed E-state index contributed by atoms with van der Waals surface area (Å²) in [5, 5.41) is 50.7. The maximum absolute atomic E-state index is 14.6. The van der Waals surface area contributed by atoms with Crippen molar-refractivity contribution in [2.75, 3.05) is 45.0 Å². The molecule has 0 saturated heterocycles. The number of Topliss-reactive ketones (excluding diaryl/α,β-unsaturated/α-hetero) is 2. The average molecular weight is 625 g/mol. The molecule has 0 spiro atoms. The lowest BCUT2D eigenvalue weighted by Crippen LogP contribution is -2.80. The molecule has 15 heteroatoms. The quantitative estimate of drug-likeness (QED) is 0.144. The van der Waals surface area contributed by atoms with Gasteiger partial charge in [0.15, 0.2) is 17.0 Å². The number of aliphatic hydroxyl groups excluding tert-OH is 2. The first kappa shape index (κ1) is 33.4. The van der Waals surface area contributed by atoms with Crippen molar-refractivity contribution >= 4 is 40.5 Å². The first-order valence-electron chi connectivity index (χ1n) is 14.1. The molecule has 2 amide bonds. The number of ketones is 2. The van der Waals surface area contributed by atoms with Crippen LogP contribution < -0.4 is 32.7 Å². The second-order valence-corrected chi connectivity index (χ2v) is 13.5. The van der Waals surface area contributed by atoms with E-state index in [4.69, 9.17) is 17.2 Å². The number of nitrogens with two attached hydrogens (primary N) is 3. The molecule has 45 heavy (non-hydrogen) atoms. The highest BCUT2D eigenvalue weighted by Gasteiger charge is 2.74. The zero-order valence-corrected chi connectivity index (χ0v) is 26.3. The fourth-order valence-electron chi connectivity index (χ4n) is 6.91. The van der Waals surface area contributed by atoms with Gasteiger partial charge < -0.3 is 48.1 Å². The highest BCUT2D eigenvalue weighted by atomic mass is 16.3. The van der Waals surface area contributed by atoms with Gasteiger partial charge in [-0.05, 0) is 59.3 Å². The van der Waals surface area contributed by atoms with Gasteiger partial charge in [0.2, 0.25) is 5.91 Å². The predicted octanol–water partition coefficient (Wildman–Crippen LogP) is -0.702. The summed E-state index contributed by atoms with van der Waals surface area (Å²) in [6.07, 6.45) is -0.705. The van der Waals surface area contributed by atoms with Gasteiger partial charge in [0.1, 0.15) is 22.8 Å². The highest BCUT2D eigenvalue weighted by Crippen LogP contribution is 2.59. The number of benzene rings is 1. The minimum Gasteiger partial charge on any atom is -0.509 e. The van der Waals surface area contributed by atoms with Crippen molar-refractivity contribution in [3.8, 4) is 11.8 Å². The van der Waals surface area contributed by atoms with Crippen molar-refractivity contribution in [3.63, 3.8) is 0 Å². The Morgan fingerprint density at radius 1 is 1.13 bits per heavy atom. The fourth-order valence-corrected chi connectivity index (χ4v) is 6.91. The van der Waals surface area contributed by atoms with E-state index in [0.29, 0.717) is 11.3 Å². The molecule has 15 nitrogen and oxygen atoms in total. The van der Waals surface area contributed by atoms with Crippen LogP contribution in [0.25, 0.3) is 5.76 Å². The maximum atomic E-state index is 14.6. The Kier molecular flexibility index (Phi) is 7.83. The van der Waals surface area contributed by atoms with E-state index in [1.807, 2.05) is 20.8 Å². The molecule has 0 heterocycles. The van der Waals surface area contributed by atoms with E-state index in [0.717, 1.165) is 0 Å². The van der Waals surface area contributed by atoms with Gasteiger partial charge in [-0.3, -0.25) is 24.1 Å². The Balaban J connectivity index is 2.02. The number of phenols is 1. The molecule has 1 fully saturated rings. The number of nitrogens with zero attached hydrogens (tertiary/aromatic N) is 3. The number of primary amides is 1. The summed E-state index contributed by atoms with van der Waals surface area (Å²) < 4.78 is 0. The van der Waals surface area contributed by atoms with Crippen molar-refractivity contribution in [3.05, 3.63) is 34.1 Å². The zero-order valence-electron chi connectivity index (χ0n) is 26.3. The zero-order chi connectivity index (χ0) is 34.2. The van der Waals surface area contributed by atoms with Crippen LogP contribution in [0.4, 0.5) is 11.4 Å². The van der Waals surface area contributed by atoms with Crippen molar-refractivity contribution in [1.82, 2.24) is 10.2 Å². The van der Waals surface area contributed by atoms with E-state index >= 15 is 0 Å². The number of fused-ring (bicyclic) bond motifs is 3. The summed E-state index contributed by atoms with van der Waals surface area (Å²) in [5.41, 5.74) is 11.0. The lowest BCUT2D eigenvalue weighted by atomic mass is 9.47. The van der Waals surface area contributed by atoms with Crippen LogP contribution in [0.3, 0.4) is 0 Å². The lowest BCUT2D eigenvalue weighted by Gasteiger charge is -2.58. The molecular weight excluding hydrogens is 584 g/mol. The van der Waals surface area contributed by atoms with Crippen molar-refractivity contribution in [1.29, 1.82) is 5.26 Å². The molecule has 0 aliphatic heterocycles. The summed E-state index contributed by atoms with van der Waals surface area (Å²) in [5.74, 6) is -6.73. The molecule has 3 aliphatic rings. The second kappa shape index (κ2) is 10.6. The Morgan fingerprint density at radius 3 is 2.22 bits per heavy atom. The molecule has 4 atom stereocenters. The van der Waals surface area contributed by atoms with Gasteiger partial charge in [0.05, 0.1) is 46.6 Å². The number of hydrogen-bond acceptors (Lipinski definition) is 13. The fraction of sp³-hybridized carbons (Fsp3) is 0.500. The largest absolute Gasteiger partial charge is 0.509 e. The summed E-state index contributed by atoms with van der Waals surface area (Å²) >= 11 is 0. The SMILES string of the molecule is CN(C)c1cc(NC(=O)CNC(C)(C)C)c(O)c2c1C[C@@]1(N)C[C@@]3(N)[C@H](N(C)C)C(=O)C(C(N)=O)=C(O)[C@@]3(C#N)C(=O)C1=C2O. The van der Waals surface area contributed by atoms with E-state index in [9.17, 15) is 39.8 Å². The van der Waals surface area contributed by atoms with E-state index < -0.39 is 80.8 Å². The van der Waals surface area contributed by atoms with Gasteiger partial charge in [-0.2, -0.15) is 5.26 Å². The van der Waals surface area contributed by atoms with Gasteiger partial charge in [0.25, 0.3) is 5.91 Å². The molecule has 3 aliphatic carbocycles. The van der Waals surface area contributed by atoms with Crippen LogP contribution in [0, 0.1) is 16.7 Å². The van der Waals surface area contributed by atoms with Crippen LogP contribution in [0.2, 0.25) is 0 Å². The number of carbonyl (C=O) groups excluding carboxylic acids is 4. The topological polar surface area (TPSA) is 261 Å². The van der Waals surface area contributed by atoms with E-state index in [1.54, 1.807) is 25.1 Å². The standard InChI is InChI=1S/C30H40N8O7/c1-27(2,3)35-10-16(39)36-14-8-15(37(4)5)13-9-28(33)11-30(34)23(38(6)7)22(42)18(26(32)45)24(43)29(30,12-31)25(44)19(28)21(41)17(13)20(14)40/h8,23,35,40-41,43H,9-11,33-34H2,1-7H3,(H2,32,45)(H,36,39)/t23-,28-,29+,30-/m1/s1. The predicted molar refractivity (Wildman–Crippen MR) is 165 cm³/mol. The van der Waals surface area contributed by atoms with Crippen LogP contribution in [0.5, 0.6) is 5.75 Å². The Morgan fingerprint density at radius 2 is 1.73 bits per heavy atom. The monoisotopic (exact) mass is 624 g/mol. The summed E-state index contributed by atoms with van der Waals surface area (Å²) in [7, 11) is 6.27. The minimum absolute atomic E-state index is 0.0732. The van der Waals surface area contributed by atoms with E-state index in [-0.39, 0.29) is 29.8 Å². The van der Waals surface area contributed by atoms with Gasteiger partial charge in [-0.15, -0.1) is 0 Å². The minimum atomic E-state index is -2.77. The third-order valence-corrected chi connectivity index (χ3v) is 8.76. The van der Waals surface area contributed by atoms with Gasteiger partial charge in [-0.1, -0.05) is 0 Å². The molecule has 0 radical (unpaired) electrons. The van der Waals surface area contributed by atoms with Crippen LogP contribution in [-0.4, -0.2) is 101 Å². The third kappa shape index (κ3) is 4.72. The molecule has 0 bridgehead atoms.